The Morgan fingerprint density at radius 1 is 0.958 bits per heavy atom. The maximum absolute atomic E-state index is 4.52. The number of anilines is 2. The Balaban J connectivity index is 1.92. The molecule has 0 aliphatic heterocycles. The Morgan fingerprint density at radius 3 is 1.92 bits per heavy atom. The number of nitrogens with one attached hydrogen (secondary N) is 2. The number of benzene rings is 1. The van der Waals surface area contributed by atoms with Gasteiger partial charge in [0.2, 0.25) is 0 Å². The molecule has 0 saturated carbocycles. The first-order valence-corrected chi connectivity index (χ1v) is 8.05. The van der Waals surface area contributed by atoms with E-state index in [0.717, 1.165) is 35.6 Å². The second kappa shape index (κ2) is 7.08. The van der Waals surface area contributed by atoms with Crippen LogP contribution in [0.2, 0.25) is 0 Å². The summed E-state index contributed by atoms with van der Waals surface area (Å²) in [6, 6.07) is 8.19. The Bertz CT molecular complexity index is 758. The lowest BCUT2D eigenvalue weighted by molar-refractivity contribution is 0.872. The monoisotopic (exact) mass is 323 g/mol. The summed E-state index contributed by atoms with van der Waals surface area (Å²) in [5, 5.41) is 14.5. The zero-order chi connectivity index (χ0) is 16.9. The molecule has 7 nitrogen and oxygen atoms in total. The van der Waals surface area contributed by atoms with Gasteiger partial charge in [-0.2, -0.15) is 9.97 Å². The predicted octanol–water partition coefficient (Wildman–Crippen LogP) is 3.03. The van der Waals surface area contributed by atoms with E-state index >= 15 is 0 Å². The lowest BCUT2D eigenvalue weighted by Gasteiger charge is -2.17. The minimum absolute atomic E-state index is 0.571. The average Bonchev–Trinajstić information content (AvgIpc) is 3.29. The Hall–Kier alpha value is -2.96. The van der Waals surface area contributed by atoms with Crippen molar-refractivity contribution in [1.29, 1.82) is 0 Å². The van der Waals surface area contributed by atoms with Gasteiger partial charge in [-0.1, -0.05) is 50.8 Å². The fraction of sp³-hybridized carbons (Fsp3) is 0.294. The molecule has 0 aliphatic rings. The van der Waals surface area contributed by atoms with Crippen LogP contribution in [-0.4, -0.2) is 30.4 Å². The van der Waals surface area contributed by atoms with Crippen molar-refractivity contribution in [2.75, 3.05) is 4.90 Å². The molecular weight excluding hydrogens is 302 g/mol. The molecule has 7 heteroatoms. The highest BCUT2D eigenvalue weighted by Gasteiger charge is 2.19. The first-order chi connectivity index (χ1) is 11.7. The smallest absolute Gasteiger partial charge is 0.251 e. The molecule has 2 heterocycles. The number of rotatable bonds is 7. The third kappa shape index (κ3) is 3.34. The number of hydrogen-bond donors (Lipinski definition) is 2. The summed E-state index contributed by atoms with van der Waals surface area (Å²) in [4.78, 5) is 10.9. The third-order valence-corrected chi connectivity index (χ3v) is 3.75. The summed E-state index contributed by atoms with van der Waals surface area (Å²) in [7, 11) is 0. The molecule has 2 N–H and O–H groups in total. The van der Waals surface area contributed by atoms with Crippen molar-refractivity contribution in [2.45, 2.75) is 33.2 Å². The van der Waals surface area contributed by atoms with Crippen molar-refractivity contribution in [3.8, 4) is 0 Å². The van der Waals surface area contributed by atoms with Crippen LogP contribution in [0.5, 0.6) is 0 Å². The number of H-pyrrole nitrogens is 2. The van der Waals surface area contributed by atoms with Crippen LogP contribution >= 0.6 is 0 Å². The van der Waals surface area contributed by atoms with E-state index in [2.05, 4.69) is 49.1 Å². The van der Waals surface area contributed by atoms with Crippen LogP contribution in [0.4, 0.5) is 11.9 Å². The van der Waals surface area contributed by atoms with Crippen molar-refractivity contribution in [1.82, 2.24) is 30.4 Å². The van der Waals surface area contributed by atoms with Gasteiger partial charge in [-0.25, -0.2) is 0 Å². The van der Waals surface area contributed by atoms with Crippen molar-refractivity contribution >= 4 is 18.0 Å². The summed E-state index contributed by atoms with van der Waals surface area (Å²) >= 11 is 0. The van der Waals surface area contributed by atoms with Gasteiger partial charge in [0.1, 0.15) is 11.6 Å². The summed E-state index contributed by atoms with van der Waals surface area (Å²) in [5.41, 5.74) is 2.20. The molecule has 0 fully saturated rings. The Labute approximate surface area is 140 Å². The van der Waals surface area contributed by atoms with Crippen LogP contribution < -0.4 is 4.90 Å². The molecule has 1 aromatic carbocycles. The van der Waals surface area contributed by atoms with Crippen molar-refractivity contribution in [3.63, 3.8) is 0 Å². The molecule has 0 saturated heterocycles. The molecule has 124 valence electrons. The van der Waals surface area contributed by atoms with Crippen LogP contribution in [0.1, 0.15) is 36.6 Å². The van der Waals surface area contributed by atoms with E-state index < -0.39 is 0 Å². The minimum atomic E-state index is 0.571. The molecule has 3 aromatic rings. The molecule has 2 aromatic heterocycles. The van der Waals surface area contributed by atoms with Gasteiger partial charge in [0, 0.05) is 12.8 Å². The standard InChI is InChI=1S/C17H21N7/c1-4-12-7-9-13(10-8-12)11-24(16-18-14(5-2)20-22-16)17-19-15(6-3)21-23-17/h4,7-10H,1,5-6,11H2,2-3H3,(H,18,20,22)(H,19,21,23). The largest absolute Gasteiger partial charge is 0.272 e. The van der Waals surface area contributed by atoms with E-state index in [1.54, 1.807) is 0 Å². The number of nitrogens with zero attached hydrogens (tertiary/aromatic N) is 5. The van der Waals surface area contributed by atoms with Gasteiger partial charge in [-0.15, -0.1) is 10.2 Å². The molecule has 0 radical (unpaired) electrons. The molecule has 0 atom stereocenters. The molecule has 0 unspecified atom stereocenters. The SMILES string of the molecule is C=Cc1ccc(CN(c2n[nH]c(CC)n2)c2n[nH]c(CC)n2)cc1. The number of aromatic amines is 2. The summed E-state index contributed by atoms with van der Waals surface area (Å²) in [5.74, 6) is 2.81. The maximum Gasteiger partial charge on any atom is 0.251 e. The highest BCUT2D eigenvalue weighted by atomic mass is 15.4. The van der Waals surface area contributed by atoms with E-state index in [-0.39, 0.29) is 0 Å². The highest BCUT2D eigenvalue weighted by Crippen LogP contribution is 2.21. The summed E-state index contributed by atoms with van der Waals surface area (Å²) < 4.78 is 0. The van der Waals surface area contributed by atoms with Gasteiger partial charge in [-0.3, -0.25) is 15.1 Å². The molecule has 0 spiro atoms. The van der Waals surface area contributed by atoms with Crippen LogP contribution in [0, 0.1) is 0 Å². The topological polar surface area (TPSA) is 86.4 Å². The Morgan fingerprint density at radius 2 is 1.50 bits per heavy atom. The van der Waals surface area contributed by atoms with E-state index in [4.69, 9.17) is 0 Å². The second-order valence-electron chi connectivity index (χ2n) is 5.40. The molecule has 0 aliphatic carbocycles. The van der Waals surface area contributed by atoms with Crippen molar-refractivity contribution in [2.24, 2.45) is 0 Å². The van der Waals surface area contributed by atoms with Gasteiger partial charge >= 0.3 is 0 Å². The summed E-state index contributed by atoms with van der Waals surface area (Å²) in [6.45, 7) is 8.43. The van der Waals surface area contributed by atoms with Crippen LogP contribution in [-0.2, 0) is 19.4 Å². The fourth-order valence-corrected chi connectivity index (χ4v) is 2.30. The van der Waals surface area contributed by atoms with Gasteiger partial charge in [0.05, 0.1) is 6.54 Å². The van der Waals surface area contributed by atoms with Crippen LogP contribution in [0.15, 0.2) is 30.8 Å². The summed E-state index contributed by atoms with van der Waals surface area (Å²) in [6.07, 6.45) is 3.42. The first kappa shape index (κ1) is 15.9. The third-order valence-electron chi connectivity index (χ3n) is 3.75. The van der Waals surface area contributed by atoms with E-state index in [1.807, 2.05) is 37.0 Å². The number of aryl methyl sites for hydroxylation is 2. The molecule has 0 amide bonds. The maximum atomic E-state index is 4.52. The molecule has 0 bridgehead atoms. The van der Waals surface area contributed by atoms with Gasteiger partial charge in [0.25, 0.3) is 11.9 Å². The van der Waals surface area contributed by atoms with E-state index in [9.17, 15) is 0 Å². The zero-order valence-electron chi connectivity index (χ0n) is 14.0. The van der Waals surface area contributed by atoms with Crippen LogP contribution in [0.25, 0.3) is 6.08 Å². The predicted molar refractivity (Wildman–Crippen MR) is 93.9 cm³/mol. The van der Waals surface area contributed by atoms with Gasteiger partial charge in [0.15, 0.2) is 0 Å². The normalized spacial score (nSPS) is 10.8. The number of aromatic nitrogens is 6. The van der Waals surface area contributed by atoms with Gasteiger partial charge in [-0.05, 0) is 11.1 Å². The lowest BCUT2D eigenvalue weighted by atomic mass is 10.1. The molecule has 3 rings (SSSR count). The van der Waals surface area contributed by atoms with Crippen molar-refractivity contribution in [3.05, 3.63) is 53.6 Å². The van der Waals surface area contributed by atoms with Crippen LogP contribution in [0.3, 0.4) is 0 Å². The number of hydrogen-bond acceptors (Lipinski definition) is 5. The fourth-order valence-electron chi connectivity index (χ4n) is 2.30. The van der Waals surface area contributed by atoms with E-state index in [1.165, 1.54) is 0 Å². The van der Waals surface area contributed by atoms with Gasteiger partial charge < -0.3 is 0 Å². The minimum Gasteiger partial charge on any atom is -0.272 e. The lowest BCUT2D eigenvalue weighted by Crippen LogP contribution is -2.19. The second-order valence-corrected chi connectivity index (χ2v) is 5.40. The molecular formula is C17H21N7. The van der Waals surface area contributed by atoms with Crippen molar-refractivity contribution < 1.29 is 0 Å². The average molecular weight is 323 g/mol. The first-order valence-electron chi connectivity index (χ1n) is 8.05. The zero-order valence-corrected chi connectivity index (χ0v) is 14.0. The Kier molecular flexibility index (Phi) is 4.69. The quantitative estimate of drug-likeness (QED) is 0.698. The van der Waals surface area contributed by atoms with E-state index in [0.29, 0.717) is 18.4 Å². The molecule has 24 heavy (non-hydrogen) atoms. The highest BCUT2D eigenvalue weighted by molar-refractivity contribution is 5.50.